The van der Waals surface area contributed by atoms with Crippen LogP contribution in [-0.4, -0.2) is 72.7 Å². The number of piperidine rings is 2. The van der Waals surface area contributed by atoms with Crippen LogP contribution >= 0.6 is 0 Å². The summed E-state index contributed by atoms with van der Waals surface area (Å²) in [5.41, 5.74) is 0. The summed E-state index contributed by atoms with van der Waals surface area (Å²) in [7, 11) is 0. The topological polar surface area (TPSA) is 108 Å². The number of likely N-dealkylation sites (tertiary alicyclic amines) is 1. The van der Waals surface area contributed by atoms with Gasteiger partial charge in [-0.3, -0.25) is 9.59 Å². The van der Waals surface area contributed by atoms with Crippen LogP contribution in [0.1, 0.15) is 52.4 Å². The van der Waals surface area contributed by atoms with E-state index in [9.17, 15) is 14.4 Å². The molecule has 0 unspecified atom stereocenters. The molecule has 2 aliphatic heterocycles. The SMILES string of the molecule is CC(C)[C@H](NC(=O)CCC1CCNCC1)C(=O)N1CCC(OCC(=O)O)CC1. The largest absolute Gasteiger partial charge is 0.480 e. The Balaban J connectivity index is 1.78. The van der Waals surface area contributed by atoms with E-state index in [4.69, 9.17) is 9.84 Å². The van der Waals surface area contributed by atoms with E-state index in [1.807, 2.05) is 13.8 Å². The first kappa shape index (κ1) is 22.6. The fraction of sp³-hybridized carbons (Fsp3) is 0.850. The molecule has 0 radical (unpaired) electrons. The Kier molecular flexibility index (Phi) is 9.18. The van der Waals surface area contributed by atoms with Crippen LogP contribution in [0.3, 0.4) is 0 Å². The van der Waals surface area contributed by atoms with Gasteiger partial charge in [-0.1, -0.05) is 13.8 Å². The van der Waals surface area contributed by atoms with Crippen molar-refractivity contribution >= 4 is 17.8 Å². The number of ether oxygens (including phenoxy) is 1. The smallest absolute Gasteiger partial charge is 0.329 e. The molecule has 2 heterocycles. The second-order valence-electron chi connectivity index (χ2n) is 8.25. The molecule has 8 nitrogen and oxygen atoms in total. The average molecular weight is 398 g/mol. The lowest BCUT2D eigenvalue weighted by molar-refractivity contribution is -0.147. The summed E-state index contributed by atoms with van der Waals surface area (Å²) >= 11 is 0. The average Bonchev–Trinajstić information content (AvgIpc) is 2.69. The molecule has 28 heavy (non-hydrogen) atoms. The summed E-state index contributed by atoms with van der Waals surface area (Å²) in [6, 6.07) is -0.517. The molecule has 0 aromatic rings. The van der Waals surface area contributed by atoms with E-state index in [1.165, 1.54) is 0 Å². The van der Waals surface area contributed by atoms with Crippen molar-refractivity contribution in [2.45, 2.75) is 64.5 Å². The Hall–Kier alpha value is -1.67. The predicted octanol–water partition coefficient (Wildman–Crippen LogP) is 0.999. The van der Waals surface area contributed by atoms with Gasteiger partial charge in [0.15, 0.2) is 0 Å². The molecule has 0 aliphatic carbocycles. The van der Waals surface area contributed by atoms with E-state index < -0.39 is 12.0 Å². The lowest BCUT2D eigenvalue weighted by Crippen LogP contribution is -2.53. The molecule has 0 aromatic heterocycles. The van der Waals surface area contributed by atoms with E-state index in [-0.39, 0.29) is 30.4 Å². The highest BCUT2D eigenvalue weighted by molar-refractivity contribution is 5.88. The highest BCUT2D eigenvalue weighted by atomic mass is 16.5. The molecule has 2 amide bonds. The molecule has 0 saturated carbocycles. The lowest BCUT2D eigenvalue weighted by atomic mass is 9.93. The zero-order valence-corrected chi connectivity index (χ0v) is 17.1. The number of nitrogens with one attached hydrogen (secondary N) is 2. The van der Waals surface area contributed by atoms with Crippen LogP contribution in [-0.2, 0) is 19.1 Å². The number of carboxylic acids is 1. The molecular formula is C20H35N3O5. The molecule has 2 aliphatic rings. The zero-order chi connectivity index (χ0) is 20.5. The van der Waals surface area contributed by atoms with Gasteiger partial charge in [0, 0.05) is 19.5 Å². The van der Waals surface area contributed by atoms with Crippen molar-refractivity contribution in [3.8, 4) is 0 Å². The molecule has 2 rings (SSSR count). The van der Waals surface area contributed by atoms with Crippen molar-refractivity contribution in [2.24, 2.45) is 11.8 Å². The number of nitrogens with zero attached hydrogens (tertiary/aromatic N) is 1. The third-order valence-electron chi connectivity index (χ3n) is 5.68. The first-order chi connectivity index (χ1) is 13.4. The molecule has 2 saturated heterocycles. The van der Waals surface area contributed by atoms with Crippen LogP contribution in [0.2, 0.25) is 0 Å². The van der Waals surface area contributed by atoms with Crippen molar-refractivity contribution in [3.05, 3.63) is 0 Å². The summed E-state index contributed by atoms with van der Waals surface area (Å²) in [5, 5.41) is 15.0. The van der Waals surface area contributed by atoms with E-state index in [0.29, 0.717) is 38.3 Å². The van der Waals surface area contributed by atoms with Crippen LogP contribution in [0, 0.1) is 11.8 Å². The zero-order valence-electron chi connectivity index (χ0n) is 17.1. The fourth-order valence-electron chi connectivity index (χ4n) is 3.89. The maximum Gasteiger partial charge on any atom is 0.329 e. The van der Waals surface area contributed by atoms with Gasteiger partial charge >= 0.3 is 5.97 Å². The van der Waals surface area contributed by atoms with Gasteiger partial charge in [-0.05, 0) is 57.0 Å². The van der Waals surface area contributed by atoms with Crippen LogP contribution in [0.25, 0.3) is 0 Å². The van der Waals surface area contributed by atoms with Crippen molar-refractivity contribution in [1.29, 1.82) is 0 Å². The fourth-order valence-corrected chi connectivity index (χ4v) is 3.89. The highest BCUT2D eigenvalue weighted by Crippen LogP contribution is 2.19. The van der Waals surface area contributed by atoms with Crippen molar-refractivity contribution < 1.29 is 24.2 Å². The number of carboxylic acid groups (broad SMARTS) is 1. The Morgan fingerprint density at radius 1 is 1.14 bits per heavy atom. The van der Waals surface area contributed by atoms with Gasteiger partial charge in [-0.2, -0.15) is 0 Å². The summed E-state index contributed by atoms with van der Waals surface area (Å²) < 4.78 is 5.32. The Bertz CT molecular complexity index is 526. The lowest BCUT2D eigenvalue weighted by Gasteiger charge is -2.35. The normalized spacial score (nSPS) is 20.2. The van der Waals surface area contributed by atoms with E-state index in [1.54, 1.807) is 4.90 Å². The molecule has 1 atom stereocenters. The molecule has 0 aromatic carbocycles. The van der Waals surface area contributed by atoms with Crippen LogP contribution in [0.5, 0.6) is 0 Å². The van der Waals surface area contributed by atoms with Crippen molar-refractivity contribution in [1.82, 2.24) is 15.5 Å². The third kappa shape index (κ3) is 7.39. The molecule has 8 heteroatoms. The van der Waals surface area contributed by atoms with Gasteiger partial charge in [-0.15, -0.1) is 0 Å². The van der Waals surface area contributed by atoms with Gasteiger partial charge in [0.05, 0.1) is 6.10 Å². The minimum Gasteiger partial charge on any atom is -0.480 e. The number of rotatable bonds is 9. The summed E-state index contributed by atoms with van der Waals surface area (Å²) in [6.07, 6.45) is 4.67. The van der Waals surface area contributed by atoms with E-state index in [0.717, 1.165) is 32.4 Å². The maximum absolute atomic E-state index is 12.9. The number of hydrogen-bond acceptors (Lipinski definition) is 5. The number of amides is 2. The minimum absolute atomic E-state index is 0.0105. The second-order valence-corrected chi connectivity index (χ2v) is 8.25. The number of carbonyl (C=O) groups is 3. The van der Waals surface area contributed by atoms with Crippen LogP contribution < -0.4 is 10.6 Å². The Labute approximate surface area is 167 Å². The molecule has 160 valence electrons. The van der Waals surface area contributed by atoms with Crippen molar-refractivity contribution in [3.63, 3.8) is 0 Å². The summed E-state index contributed by atoms with van der Waals surface area (Å²) in [5.74, 6) is -0.487. The van der Waals surface area contributed by atoms with Crippen LogP contribution in [0.4, 0.5) is 0 Å². The monoisotopic (exact) mass is 397 g/mol. The molecule has 2 fully saturated rings. The molecule has 0 spiro atoms. The third-order valence-corrected chi connectivity index (χ3v) is 5.68. The molecule has 3 N–H and O–H groups in total. The van der Waals surface area contributed by atoms with Gasteiger partial charge in [0.25, 0.3) is 0 Å². The van der Waals surface area contributed by atoms with Gasteiger partial charge in [0.2, 0.25) is 11.8 Å². The van der Waals surface area contributed by atoms with E-state index >= 15 is 0 Å². The Morgan fingerprint density at radius 2 is 1.79 bits per heavy atom. The summed E-state index contributed by atoms with van der Waals surface area (Å²) in [4.78, 5) is 37.7. The van der Waals surface area contributed by atoms with Gasteiger partial charge < -0.3 is 25.4 Å². The second kappa shape index (κ2) is 11.4. The van der Waals surface area contributed by atoms with Gasteiger partial charge in [-0.25, -0.2) is 4.79 Å². The summed E-state index contributed by atoms with van der Waals surface area (Å²) in [6.45, 7) is 6.67. The maximum atomic E-state index is 12.9. The van der Waals surface area contributed by atoms with Gasteiger partial charge in [0.1, 0.15) is 12.6 Å². The van der Waals surface area contributed by atoms with Crippen molar-refractivity contribution in [2.75, 3.05) is 32.8 Å². The standard InChI is InChI=1S/C20H35N3O5/c1-14(2)19(22-17(24)4-3-15-5-9-21-10-6-15)20(27)23-11-7-16(8-12-23)28-13-18(25)26/h14-16,19,21H,3-13H2,1-2H3,(H,22,24)(H,25,26)/t19-/m0/s1. The number of carbonyl (C=O) groups excluding carboxylic acids is 2. The quantitative estimate of drug-likeness (QED) is 0.536. The van der Waals surface area contributed by atoms with Crippen LogP contribution in [0.15, 0.2) is 0 Å². The minimum atomic E-state index is -0.981. The number of aliphatic carboxylic acids is 1. The number of hydrogen-bond donors (Lipinski definition) is 3. The highest BCUT2D eigenvalue weighted by Gasteiger charge is 2.31. The molecular weight excluding hydrogens is 362 g/mol. The van der Waals surface area contributed by atoms with E-state index in [2.05, 4.69) is 10.6 Å². The Morgan fingerprint density at radius 3 is 2.36 bits per heavy atom. The molecule has 0 bridgehead atoms. The first-order valence-corrected chi connectivity index (χ1v) is 10.5. The predicted molar refractivity (Wildman–Crippen MR) is 105 cm³/mol. The first-order valence-electron chi connectivity index (χ1n) is 10.5.